The fourth-order valence-corrected chi connectivity index (χ4v) is 1.09. The van der Waals surface area contributed by atoms with Crippen molar-refractivity contribution in [2.45, 2.75) is 6.42 Å². The average Bonchev–Trinajstić information content (AvgIpc) is 2.17. The van der Waals surface area contributed by atoms with Gasteiger partial charge < -0.3 is 16.0 Å². The highest BCUT2D eigenvalue weighted by Gasteiger charge is 2.07. The Morgan fingerprint density at radius 1 is 1.60 bits per heavy atom. The summed E-state index contributed by atoms with van der Waals surface area (Å²) in [6, 6.07) is 1.29. The molecule has 1 aromatic rings. The molecule has 0 aromatic carbocycles. The normalized spacial score (nSPS) is 9.60. The van der Waals surface area contributed by atoms with E-state index in [4.69, 9.17) is 5.73 Å². The van der Waals surface area contributed by atoms with Gasteiger partial charge in [0.1, 0.15) is 5.56 Å². The number of aromatic nitrogens is 1. The molecular formula is C9H11N3O2S. The SMILES string of the molecule is NC(=S)CCNC(=O)c1c[nH]ccc1=O. The number of pyridine rings is 1. The van der Waals surface area contributed by atoms with Gasteiger partial charge in [0.05, 0.1) is 4.99 Å². The summed E-state index contributed by atoms with van der Waals surface area (Å²) in [5.74, 6) is -0.423. The lowest BCUT2D eigenvalue weighted by atomic mass is 10.2. The zero-order valence-electron chi connectivity index (χ0n) is 7.95. The first-order chi connectivity index (χ1) is 7.11. The van der Waals surface area contributed by atoms with Crippen LogP contribution in [-0.4, -0.2) is 22.4 Å². The predicted octanol–water partition coefficient (Wildman–Crippen LogP) is -0.219. The molecule has 0 aliphatic carbocycles. The Morgan fingerprint density at radius 2 is 2.33 bits per heavy atom. The maximum Gasteiger partial charge on any atom is 0.256 e. The van der Waals surface area contributed by atoms with Gasteiger partial charge in [-0.3, -0.25) is 9.59 Å². The molecule has 1 aromatic heterocycles. The third-order valence-corrected chi connectivity index (χ3v) is 1.93. The van der Waals surface area contributed by atoms with E-state index in [1.807, 2.05) is 0 Å². The van der Waals surface area contributed by atoms with Crippen LogP contribution in [0.4, 0.5) is 0 Å². The molecule has 0 saturated heterocycles. The van der Waals surface area contributed by atoms with Gasteiger partial charge in [0.2, 0.25) is 0 Å². The minimum absolute atomic E-state index is 0.0837. The monoisotopic (exact) mass is 225 g/mol. The molecule has 0 aliphatic heterocycles. The molecule has 0 aliphatic rings. The van der Waals surface area contributed by atoms with Crippen molar-refractivity contribution in [1.29, 1.82) is 0 Å². The van der Waals surface area contributed by atoms with E-state index in [0.717, 1.165) is 0 Å². The molecule has 4 N–H and O–H groups in total. The summed E-state index contributed by atoms with van der Waals surface area (Å²) in [4.78, 5) is 25.7. The molecule has 15 heavy (non-hydrogen) atoms. The van der Waals surface area contributed by atoms with Gasteiger partial charge in [0.25, 0.3) is 5.91 Å². The van der Waals surface area contributed by atoms with Crippen LogP contribution in [0.25, 0.3) is 0 Å². The molecule has 1 heterocycles. The van der Waals surface area contributed by atoms with E-state index in [2.05, 4.69) is 22.5 Å². The number of nitrogens with one attached hydrogen (secondary N) is 2. The van der Waals surface area contributed by atoms with E-state index in [1.165, 1.54) is 18.5 Å². The van der Waals surface area contributed by atoms with E-state index in [9.17, 15) is 9.59 Å². The second-order valence-corrected chi connectivity index (χ2v) is 3.42. The highest BCUT2D eigenvalue weighted by molar-refractivity contribution is 7.80. The summed E-state index contributed by atoms with van der Waals surface area (Å²) < 4.78 is 0. The van der Waals surface area contributed by atoms with Gasteiger partial charge in [0.15, 0.2) is 5.43 Å². The third-order valence-electron chi connectivity index (χ3n) is 1.73. The molecule has 1 rings (SSSR count). The quantitative estimate of drug-likeness (QED) is 0.618. The molecule has 0 spiro atoms. The molecular weight excluding hydrogens is 214 g/mol. The van der Waals surface area contributed by atoms with E-state index in [0.29, 0.717) is 18.0 Å². The van der Waals surface area contributed by atoms with Crippen molar-refractivity contribution in [1.82, 2.24) is 10.3 Å². The smallest absolute Gasteiger partial charge is 0.256 e. The topological polar surface area (TPSA) is 88.0 Å². The molecule has 80 valence electrons. The van der Waals surface area contributed by atoms with E-state index < -0.39 is 5.91 Å². The molecule has 0 atom stereocenters. The first-order valence-corrected chi connectivity index (χ1v) is 4.75. The molecule has 0 saturated carbocycles. The van der Waals surface area contributed by atoms with Gasteiger partial charge in [-0.15, -0.1) is 0 Å². The Hall–Kier alpha value is -1.69. The van der Waals surface area contributed by atoms with Crippen molar-refractivity contribution in [3.8, 4) is 0 Å². The molecule has 0 bridgehead atoms. The Labute approximate surface area is 91.7 Å². The molecule has 5 nitrogen and oxygen atoms in total. The minimum Gasteiger partial charge on any atom is -0.393 e. The number of thiocarbonyl (C=S) groups is 1. The standard InChI is InChI=1S/C9H11N3O2S/c10-8(15)2-4-12-9(14)6-5-11-3-1-7(6)13/h1,3,5H,2,4H2,(H2,10,15)(H,11,13)(H,12,14). The van der Waals surface area contributed by atoms with Gasteiger partial charge in [0, 0.05) is 31.4 Å². The van der Waals surface area contributed by atoms with Crippen LogP contribution in [0, 0.1) is 0 Å². The Kier molecular flexibility index (Phi) is 3.99. The summed E-state index contributed by atoms with van der Waals surface area (Å²) in [6.45, 7) is 0.336. The lowest BCUT2D eigenvalue weighted by molar-refractivity contribution is 0.0953. The predicted molar refractivity (Wildman–Crippen MR) is 60.8 cm³/mol. The van der Waals surface area contributed by atoms with Crippen LogP contribution in [0.5, 0.6) is 0 Å². The van der Waals surface area contributed by atoms with Gasteiger partial charge in [-0.1, -0.05) is 12.2 Å². The Bertz CT molecular complexity index is 427. The number of amides is 1. The number of nitrogens with two attached hydrogens (primary N) is 1. The van der Waals surface area contributed by atoms with Crippen LogP contribution < -0.4 is 16.5 Å². The maximum atomic E-state index is 11.4. The first kappa shape index (κ1) is 11.4. The Morgan fingerprint density at radius 3 is 2.93 bits per heavy atom. The van der Waals surface area contributed by atoms with Crippen molar-refractivity contribution in [3.63, 3.8) is 0 Å². The number of carbonyl (C=O) groups is 1. The fourth-order valence-electron chi connectivity index (χ4n) is 0.988. The highest BCUT2D eigenvalue weighted by Crippen LogP contribution is 1.88. The summed E-state index contributed by atoms with van der Waals surface area (Å²) in [5, 5.41) is 2.54. The van der Waals surface area contributed by atoms with Crippen LogP contribution in [-0.2, 0) is 0 Å². The summed E-state index contributed by atoms with van der Waals surface area (Å²) in [7, 11) is 0. The van der Waals surface area contributed by atoms with Gasteiger partial charge in [-0.25, -0.2) is 0 Å². The summed E-state index contributed by atoms with van der Waals surface area (Å²) in [5.41, 5.74) is 5.03. The maximum absolute atomic E-state index is 11.4. The third kappa shape index (κ3) is 3.51. The lowest BCUT2D eigenvalue weighted by Gasteiger charge is -2.02. The molecule has 0 fully saturated rings. The number of aromatic amines is 1. The van der Waals surface area contributed by atoms with Crippen LogP contribution in [0.1, 0.15) is 16.8 Å². The van der Waals surface area contributed by atoms with E-state index in [1.54, 1.807) is 0 Å². The van der Waals surface area contributed by atoms with E-state index in [-0.39, 0.29) is 11.0 Å². The van der Waals surface area contributed by atoms with Crippen molar-refractivity contribution >= 4 is 23.1 Å². The second kappa shape index (κ2) is 5.26. The van der Waals surface area contributed by atoms with Crippen LogP contribution >= 0.6 is 12.2 Å². The largest absolute Gasteiger partial charge is 0.393 e. The van der Waals surface area contributed by atoms with Crippen molar-refractivity contribution in [3.05, 3.63) is 34.2 Å². The molecule has 1 amide bonds. The van der Waals surface area contributed by atoms with Crippen molar-refractivity contribution < 1.29 is 4.79 Å². The molecule has 0 radical (unpaired) electrons. The zero-order valence-corrected chi connectivity index (χ0v) is 8.76. The highest BCUT2D eigenvalue weighted by atomic mass is 32.1. The molecule has 6 heteroatoms. The second-order valence-electron chi connectivity index (χ2n) is 2.89. The van der Waals surface area contributed by atoms with Crippen LogP contribution in [0.2, 0.25) is 0 Å². The number of H-pyrrole nitrogens is 1. The number of hydrogen-bond acceptors (Lipinski definition) is 3. The lowest BCUT2D eigenvalue weighted by Crippen LogP contribution is -2.30. The van der Waals surface area contributed by atoms with Gasteiger partial charge in [-0.2, -0.15) is 0 Å². The summed E-state index contributed by atoms with van der Waals surface area (Å²) in [6.07, 6.45) is 3.25. The zero-order chi connectivity index (χ0) is 11.3. The Balaban J connectivity index is 2.58. The molecule has 0 unspecified atom stereocenters. The van der Waals surface area contributed by atoms with Crippen LogP contribution in [0.3, 0.4) is 0 Å². The van der Waals surface area contributed by atoms with Gasteiger partial charge in [-0.05, 0) is 0 Å². The van der Waals surface area contributed by atoms with Gasteiger partial charge >= 0.3 is 0 Å². The average molecular weight is 225 g/mol. The van der Waals surface area contributed by atoms with Crippen molar-refractivity contribution in [2.24, 2.45) is 5.73 Å². The van der Waals surface area contributed by atoms with E-state index >= 15 is 0 Å². The number of carbonyl (C=O) groups excluding carboxylic acids is 1. The minimum atomic E-state index is -0.423. The number of rotatable bonds is 4. The van der Waals surface area contributed by atoms with Crippen molar-refractivity contribution in [2.75, 3.05) is 6.54 Å². The van der Waals surface area contributed by atoms with Crippen LogP contribution in [0.15, 0.2) is 23.3 Å². The first-order valence-electron chi connectivity index (χ1n) is 4.35. The fraction of sp³-hybridized carbons (Fsp3) is 0.222. The number of hydrogen-bond donors (Lipinski definition) is 3. The summed E-state index contributed by atoms with van der Waals surface area (Å²) >= 11 is 4.65.